The Hall–Kier alpha value is -3.10. The normalized spacial score (nSPS) is 20.6. The van der Waals surface area contributed by atoms with E-state index in [1.807, 2.05) is 35.8 Å². The van der Waals surface area contributed by atoms with Crippen molar-refractivity contribution in [3.63, 3.8) is 0 Å². The van der Waals surface area contributed by atoms with E-state index in [0.29, 0.717) is 17.3 Å². The van der Waals surface area contributed by atoms with Crippen LogP contribution >= 0.6 is 11.3 Å². The van der Waals surface area contributed by atoms with Gasteiger partial charge in [0.1, 0.15) is 12.1 Å². The molecular weight excluding hydrogens is 386 g/mol. The minimum absolute atomic E-state index is 0.261. The molecule has 4 aromatic rings. The molecule has 2 bridgehead atoms. The van der Waals surface area contributed by atoms with Crippen molar-refractivity contribution in [1.82, 2.24) is 19.6 Å². The van der Waals surface area contributed by atoms with Crippen molar-refractivity contribution in [1.29, 1.82) is 0 Å². The van der Waals surface area contributed by atoms with E-state index in [4.69, 9.17) is 14.7 Å². The van der Waals surface area contributed by atoms with E-state index in [9.17, 15) is 4.79 Å². The predicted molar refractivity (Wildman–Crippen MR) is 110 cm³/mol. The van der Waals surface area contributed by atoms with Crippen molar-refractivity contribution >= 4 is 29.1 Å². The van der Waals surface area contributed by atoms with Crippen LogP contribution in [0.4, 0.5) is 5.82 Å². The SMILES string of the molecule is O=Cc1cc(-c2cnn3ccc(-c4cccs4)nc23)nc(N2CC3CC2CO3)c1. The zero-order chi connectivity index (χ0) is 19.4. The summed E-state index contributed by atoms with van der Waals surface area (Å²) >= 11 is 1.65. The molecule has 0 spiro atoms. The van der Waals surface area contributed by atoms with Crippen LogP contribution in [0.2, 0.25) is 0 Å². The third-order valence-electron chi connectivity index (χ3n) is 5.58. The number of hydrogen-bond acceptors (Lipinski definition) is 7. The van der Waals surface area contributed by atoms with Crippen LogP contribution in [-0.4, -0.2) is 51.2 Å². The van der Waals surface area contributed by atoms with Crippen LogP contribution in [-0.2, 0) is 4.74 Å². The maximum absolute atomic E-state index is 11.6. The molecule has 0 N–H and O–H groups in total. The van der Waals surface area contributed by atoms with Gasteiger partial charge in [-0.1, -0.05) is 6.07 Å². The van der Waals surface area contributed by atoms with Crippen LogP contribution in [0.3, 0.4) is 0 Å². The number of anilines is 1. The van der Waals surface area contributed by atoms with Crippen molar-refractivity contribution in [3.05, 3.63) is 53.7 Å². The summed E-state index contributed by atoms with van der Waals surface area (Å²) in [5.41, 5.74) is 3.74. The van der Waals surface area contributed by atoms with E-state index in [-0.39, 0.29) is 6.10 Å². The van der Waals surface area contributed by atoms with E-state index in [2.05, 4.69) is 10.00 Å². The fraction of sp³-hybridized carbons (Fsp3) is 0.238. The van der Waals surface area contributed by atoms with Crippen LogP contribution in [0.1, 0.15) is 16.8 Å². The summed E-state index contributed by atoms with van der Waals surface area (Å²) < 4.78 is 7.45. The fourth-order valence-electron chi connectivity index (χ4n) is 4.18. The van der Waals surface area contributed by atoms with Gasteiger partial charge < -0.3 is 9.64 Å². The van der Waals surface area contributed by atoms with Crippen LogP contribution in [0.5, 0.6) is 0 Å². The third-order valence-corrected chi connectivity index (χ3v) is 6.48. The van der Waals surface area contributed by atoms with Crippen molar-refractivity contribution in [2.24, 2.45) is 0 Å². The molecule has 7 nitrogen and oxygen atoms in total. The first-order valence-electron chi connectivity index (χ1n) is 9.52. The lowest BCUT2D eigenvalue weighted by molar-refractivity contribution is 0.0989. The Balaban J connectivity index is 1.47. The first-order chi connectivity index (χ1) is 14.3. The number of carbonyl (C=O) groups excluding carboxylic acids is 1. The number of thiophene rings is 1. The van der Waals surface area contributed by atoms with E-state index in [1.165, 1.54) is 0 Å². The Kier molecular flexibility index (Phi) is 3.75. The summed E-state index contributed by atoms with van der Waals surface area (Å²) in [6.07, 6.45) is 5.82. The molecule has 2 aliphatic heterocycles. The highest BCUT2D eigenvalue weighted by Crippen LogP contribution is 2.34. The quantitative estimate of drug-likeness (QED) is 0.487. The third kappa shape index (κ3) is 2.75. The summed E-state index contributed by atoms with van der Waals surface area (Å²) in [4.78, 5) is 24.7. The van der Waals surface area contributed by atoms with Gasteiger partial charge in [0.05, 0.1) is 46.8 Å². The number of aldehydes is 1. The first-order valence-corrected chi connectivity index (χ1v) is 10.4. The predicted octanol–water partition coefficient (Wildman–Crippen LogP) is 3.31. The van der Waals surface area contributed by atoms with E-state index < -0.39 is 0 Å². The minimum atomic E-state index is 0.261. The topological polar surface area (TPSA) is 72.6 Å². The highest BCUT2D eigenvalue weighted by atomic mass is 32.1. The summed E-state index contributed by atoms with van der Waals surface area (Å²) in [6.45, 7) is 1.53. The zero-order valence-corrected chi connectivity index (χ0v) is 16.2. The van der Waals surface area contributed by atoms with Crippen molar-refractivity contribution < 1.29 is 9.53 Å². The number of rotatable bonds is 4. The van der Waals surface area contributed by atoms with Gasteiger partial charge in [-0.25, -0.2) is 14.5 Å². The molecule has 29 heavy (non-hydrogen) atoms. The van der Waals surface area contributed by atoms with Crippen molar-refractivity contribution in [3.8, 4) is 21.8 Å². The Morgan fingerprint density at radius 1 is 1.21 bits per heavy atom. The molecule has 6 heterocycles. The molecule has 0 aliphatic carbocycles. The van der Waals surface area contributed by atoms with E-state index in [0.717, 1.165) is 53.5 Å². The standard InChI is InChI=1S/C21H17N5O2S/c27-11-13-6-18(23-20(7-13)25-10-15-8-14(25)12-28-15)16-9-22-26-4-3-17(24-21(16)26)19-2-1-5-29-19/h1-7,9,11,14-15H,8,10,12H2. The molecule has 2 atom stereocenters. The molecule has 6 rings (SSSR count). The largest absolute Gasteiger partial charge is 0.374 e. The van der Waals surface area contributed by atoms with Gasteiger partial charge in [0.25, 0.3) is 0 Å². The van der Waals surface area contributed by atoms with Crippen LogP contribution in [0.25, 0.3) is 27.5 Å². The van der Waals surface area contributed by atoms with Gasteiger partial charge in [-0.15, -0.1) is 11.3 Å². The molecule has 144 valence electrons. The van der Waals surface area contributed by atoms with Gasteiger partial charge in [-0.05, 0) is 36.1 Å². The maximum Gasteiger partial charge on any atom is 0.165 e. The van der Waals surface area contributed by atoms with Gasteiger partial charge in [-0.3, -0.25) is 4.79 Å². The summed E-state index contributed by atoms with van der Waals surface area (Å²) in [7, 11) is 0. The van der Waals surface area contributed by atoms with Crippen molar-refractivity contribution in [2.75, 3.05) is 18.1 Å². The molecule has 0 saturated carbocycles. The zero-order valence-electron chi connectivity index (χ0n) is 15.4. The van der Waals surface area contributed by atoms with Gasteiger partial charge in [0, 0.05) is 18.3 Å². The van der Waals surface area contributed by atoms with Crippen LogP contribution in [0, 0.1) is 0 Å². The Morgan fingerprint density at radius 2 is 2.17 bits per heavy atom. The second-order valence-corrected chi connectivity index (χ2v) is 8.32. The van der Waals surface area contributed by atoms with Gasteiger partial charge in [-0.2, -0.15) is 5.10 Å². The lowest BCUT2D eigenvalue weighted by Gasteiger charge is -2.28. The monoisotopic (exact) mass is 403 g/mol. The highest BCUT2D eigenvalue weighted by molar-refractivity contribution is 7.13. The second kappa shape index (κ2) is 6.47. The lowest BCUT2D eigenvalue weighted by atomic mass is 10.1. The Labute approximate surface area is 170 Å². The average molecular weight is 403 g/mol. The molecule has 0 aromatic carbocycles. The average Bonchev–Trinajstić information content (AvgIpc) is 3.56. The molecule has 8 heteroatoms. The number of nitrogens with zero attached hydrogens (tertiary/aromatic N) is 5. The molecule has 2 fully saturated rings. The van der Waals surface area contributed by atoms with Gasteiger partial charge >= 0.3 is 0 Å². The smallest absolute Gasteiger partial charge is 0.165 e. The van der Waals surface area contributed by atoms with Gasteiger partial charge in [0.15, 0.2) is 5.65 Å². The molecule has 2 saturated heterocycles. The number of hydrogen-bond donors (Lipinski definition) is 0. The molecule has 0 radical (unpaired) electrons. The number of aromatic nitrogens is 4. The second-order valence-electron chi connectivity index (χ2n) is 7.38. The number of pyridine rings is 1. The molecule has 2 unspecified atom stereocenters. The van der Waals surface area contributed by atoms with Gasteiger partial charge in [0.2, 0.25) is 0 Å². The Morgan fingerprint density at radius 3 is 2.93 bits per heavy atom. The molecule has 0 amide bonds. The molecule has 4 aromatic heterocycles. The number of carbonyl (C=O) groups is 1. The summed E-state index contributed by atoms with van der Waals surface area (Å²) in [5, 5.41) is 6.47. The first kappa shape index (κ1) is 16.8. The minimum Gasteiger partial charge on any atom is -0.374 e. The number of ether oxygens (including phenoxy) is 1. The lowest BCUT2D eigenvalue weighted by Crippen LogP contribution is -2.37. The summed E-state index contributed by atoms with van der Waals surface area (Å²) in [6, 6.07) is 10.0. The number of morpholine rings is 1. The fourth-order valence-corrected chi connectivity index (χ4v) is 4.88. The molecular formula is C21H17N5O2S. The Bertz CT molecular complexity index is 1220. The van der Waals surface area contributed by atoms with Crippen LogP contribution in [0.15, 0.2) is 48.1 Å². The van der Waals surface area contributed by atoms with E-state index >= 15 is 0 Å². The van der Waals surface area contributed by atoms with E-state index in [1.54, 1.807) is 28.1 Å². The molecule has 2 aliphatic rings. The van der Waals surface area contributed by atoms with Crippen LogP contribution < -0.4 is 4.90 Å². The highest BCUT2D eigenvalue weighted by Gasteiger charge is 2.39. The summed E-state index contributed by atoms with van der Waals surface area (Å²) in [5.74, 6) is 0.814. The van der Waals surface area contributed by atoms with Crippen molar-refractivity contribution in [2.45, 2.75) is 18.6 Å². The number of fused-ring (bicyclic) bond motifs is 3. The maximum atomic E-state index is 11.6.